The fraction of sp³-hybridized carbons (Fsp3) is 0.211. The maximum Gasteiger partial charge on any atom is 0.326 e. The summed E-state index contributed by atoms with van der Waals surface area (Å²) in [6.07, 6.45) is 1.38. The van der Waals surface area contributed by atoms with Crippen LogP contribution < -0.4 is 21.7 Å². The number of nitrogens with zero attached hydrogens (tertiary/aromatic N) is 5. The highest BCUT2D eigenvalue weighted by Crippen LogP contribution is 2.18. The Morgan fingerprint density at radius 1 is 1.20 bits per heavy atom. The molecule has 0 aliphatic carbocycles. The second-order valence-corrected chi connectivity index (χ2v) is 6.50. The first kappa shape index (κ1) is 20.7. The highest BCUT2D eigenvalue weighted by atomic mass is 16.4. The van der Waals surface area contributed by atoms with Gasteiger partial charge in [0.25, 0.3) is 5.91 Å². The molecule has 0 fully saturated rings. The molecule has 1 amide bonds. The zero-order valence-corrected chi connectivity index (χ0v) is 16.1. The van der Waals surface area contributed by atoms with Gasteiger partial charge in [-0.25, -0.2) is 14.8 Å². The number of amides is 1. The molecule has 0 saturated heterocycles. The van der Waals surface area contributed by atoms with Gasteiger partial charge in [-0.05, 0) is 37.6 Å². The van der Waals surface area contributed by atoms with E-state index >= 15 is 0 Å². The predicted molar refractivity (Wildman–Crippen MR) is 110 cm³/mol. The topological polar surface area (TPSA) is 173 Å². The number of nitrogens with two attached hydrogens (primary N) is 2. The van der Waals surface area contributed by atoms with Gasteiger partial charge in [0, 0.05) is 18.3 Å². The van der Waals surface area contributed by atoms with Crippen molar-refractivity contribution in [3.8, 4) is 0 Å². The fourth-order valence-corrected chi connectivity index (χ4v) is 2.72. The van der Waals surface area contributed by atoms with E-state index < -0.39 is 17.9 Å². The van der Waals surface area contributed by atoms with Crippen LogP contribution in [0.1, 0.15) is 22.5 Å². The minimum Gasteiger partial charge on any atom is -0.480 e. The van der Waals surface area contributed by atoms with Crippen molar-refractivity contribution in [1.29, 1.82) is 0 Å². The van der Waals surface area contributed by atoms with E-state index in [0.717, 1.165) is 5.69 Å². The Balaban J connectivity index is 1.71. The molecule has 2 radical (unpaired) electrons. The quantitative estimate of drug-likeness (QED) is 0.431. The Morgan fingerprint density at radius 2 is 1.90 bits per heavy atom. The number of carbonyl (C=O) groups is 2. The monoisotopic (exact) mass is 408 g/mol. The summed E-state index contributed by atoms with van der Waals surface area (Å²) in [5.74, 6) is -1.52. The molecule has 30 heavy (non-hydrogen) atoms. The average Bonchev–Trinajstić information content (AvgIpc) is 2.72. The minimum atomic E-state index is -1.19. The van der Waals surface area contributed by atoms with Gasteiger partial charge in [0.05, 0.1) is 18.4 Å². The smallest absolute Gasteiger partial charge is 0.326 e. The van der Waals surface area contributed by atoms with Crippen molar-refractivity contribution in [2.75, 3.05) is 23.4 Å². The van der Waals surface area contributed by atoms with E-state index in [0.29, 0.717) is 29.0 Å². The molecule has 0 spiro atoms. The number of carboxylic acids is 1. The van der Waals surface area contributed by atoms with Crippen LogP contribution in [0.4, 0.5) is 17.5 Å². The van der Waals surface area contributed by atoms with Gasteiger partial charge in [0.2, 0.25) is 5.95 Å². The van der Waals surface area contributed by atoms with E-state index in [2.05, 4.69) is 25.3 Å². The molecule has 1 atom stereocenters. The number of hydrogen-bond donors (Lipinski definition) is 4. The summed E-state index contributed by atoms with van der Waals surface area (Å²) in [6, 6.07) is 5.52. The first-order valence-electron chi connectivity index (χ1n) is 8.88. The molecule has 11 heteroatoms. The number of carbonyl (C=O) groups excluding carboxylic acids is 1. The number of rotatable bonds is 7. The maximum absolute atomic E-state index is 12.2. The lowest BCUT2D eigenvalue weighted by molar-refractivity contribution is -0.139. The van der Waals surface area contributed by atoms with Crippen molar-refractivity contribution in [3.05, 3.63) is 48.6 Å². The van der Waals surface area contributed by atoms with Gasteiger partial charge in [-0.3, -0.25) is 4.79 Å². The van der Waals surface area contributed by atoms with Gasteiger partial charge in [-0.2, -0.15) is 9.97 Å². The van der Waals surface area contributed by atoms with Crippen LogP contribution >= 0.6 is 0 Å². The van der Waals surface area contributed by atoms with E-state index in [1.165, 1.54) is 0 Å². The molecule has 0 bridgehead atoms. The number of nitrogens with one attached hydrogen (secondary N) is 1. The summed E-state index contributed by atoms with van der Waals surface area (Å²) in [6.45, 7) is 5.76. The summed E-state index contributed by atoms with van der Waals surface area (Å²) in [4.78, 5) is 41.6. The standard InChI is InChI=1S/C19H20N8O3/c1-3-13(18(29)30)24-17(28)10-4-6-12(7-5-10)27(2)9-11-8-22-16-14(23-11)15(20)25-19(21)26-16/h1,4-8,13H,3,9H2,2H3,(H,24,28)(H,29,30)(H4,20,21,22,25,26). The molecule has 2 heterocycles. The first-order chi connectivity index (χ1) is 14.3. The van der Waals surface area contributed by atoms with E-state index in [9.17, 15) is 9.59 Å². The highest BCUT2D eigenvalue weighted by Gasteiger charge is 2.18. The number of aromatic nitrogens is 4. The second kappa shape index (κ2) is 8.55. The molecule has 1 aromatic carbocycles. The highest BCUT2D eigenvalue weighted by molar-refractivity contribution is 5.96. The Labute approximate surface area is 172 Å². The van der Waals surface area contributed by atoms with Crippen LogP contribution in [0.25, 0.3) is 11.2 Å². The van der Waals surface area contributed by atoms with E-state index in [1.807, 2.05) is 11.9 Å². The van der Waals surface area contributed by atoms with Crippen LogP contribution in [0, 0.1) is 6.92 Å². The summed E-state index contributed by atoms with van der Waals surface area (Å²) in [7, 11) is 1.85. The molecule has 1 unspecified atom stereocenters. The number of benzene rings is 1. The van der Waals surface area contributed by atoms with Crippen molar-refractivity contribution >= 4 is 40.5 Å². The van der Waals surface area contributed by atoms with Crippen LogP contribution in [0.15, 0.2) is 30.5 Å². The summed E-state index contributed by atoms with van der Waals surface area (Å²) in [5, 5.41) is 11.4. The third-order valence-electron chi connectivity index (χ3n) is 4.31. The van der Waals surface area contributed by atoms with Gasteiger partial charge in [-0.15, -0.1) is 0 Å². The lowest BCUT2D eigenvalue weighted by Gasteiger charge is -2.19. The number of carboxylic acid groups (broad SMARTS) is 1. The normalized spacial score (nSPS) is 11.8. The van der Waals surface area contributed by atoms with Gasteiger partial charge in [-0.1, -0.05) is 0 Å². The third-order valence-corrected chi connectivity index (χ3v) is 4.31. The van der Waals surface area contributed by atoms with Crippen LogP contribution in [0.3, 0.4) is 0 Å². The number of fused-ring (bicyclic) bond motifs is 1. The summed E-state index contributed by atoms with van der Waals surface area (Å²) < 4.78 is 0. The zero-order valence-electron chi connectivity index (χ0n) is 16.1. The van der Waals surface area contributed by atoms with Crippen LogP contribution in [-0.4, -0.2) is 50.0 Å². The summed E-state index contributed by atoms with van der Waals surface area (Å²) in [5.41, 5.74) is 13.9. The molecule has 3 aromatic rings. The Hall–Kier alpha value is -4.02. The maximum atomic E-state index is 12.2. The molecule has 2 aromatic heterocycles. The molecular formula is C19H20N8O3. The first-order valence-corrected chi connectivity index (χ1v) is 8.88. The van der Waals surface area contributed by atoms with Crippen LogP contribution in [0.2, 0.25) is 0 Å². The van der Waals surface area contributed by atoms with Gasteiger partial charge in [0.15, 0.2) is 17.0 Å². The van der Waals surface area contributed by atoms with Gasteiger partial charge in [0.1, 0.15) is 6.04 Å². The molecule has 0 saturated carbocycles. The molecule has 6 N–H and O–H groups in total. The van der Waals surface area contributed by atoms with E-state index in [4.69, 9.17) is 23.5 Å². The van der Waals surface area contributed by atoms with Crippen LogP contribution in [0.5, 0.6) is 0 Å². The average molecular weight is 408 g/mol. The number of nitrogen functional groups attached to an aromatic ring is 2. The zero-order chi connectivity index (χ0) is 21.8. The predicted octanol–water partition coefficient (Wildman–Crippen LogP) is 0.505. The molecule has 0 aliphatic rings. The number of hydrogen-bond acceptors (Lipinski definition) is 9. The lowest BCUT2D eigenvalue weighted by atomic mass is 10.1. The molecule has 0 aliphatic heterocycles. The molecule has 11 nitrogen and oxygen atoms in total. The van der Waals surface area contributed by atoms with E-state index in [1.54, 1.807) is 30.5 Å². The largest absolute Gasteiger partial charge is 0.480 e. The second-order valence-electron chi connectivity index (χ2n) is 6.50. The number of anilines is 3. The third kappa shape index (κ3) is 4.51. The van der Waals surface area contributed by atoms with E-state index in [-0.39, 0.29) is 18.2 Å². The van der Waals surface area contributed by atoms with Crippen molar-refractivity contribution < 1.29 is 14.7 Å². The molecular weight excluding hydrogens is 388 g/mol. The Morgan fingerprint density at radius 3 is 2.53 bits per heavy atom. The van der Waals surface area contributed by atoms with Crippen molar-refractivity contribution in [2.45, 2.75) is 19.0 Å². The Kier molecular flexibility index (Phi) is 5.90. The van der Waals surface area contributed by atoms with Gasteiger partial charge < -0.3 is 26.8 Å². The van der Waals surface area contributed by atoms with Crippen LogP contribution in [-0.2, 0) is 11.3 Å². The summed E-state index contributed by atoms with van der Waals surface area (Å²) >= 11 is 0. The van der Waals surface area contributed by atoms with Crippen molar-refractivity contribution in [1.82, 2.24) is 25.3 Å². The molecule has 154 valence electrons. The Bertz CT molecular complexity index is 1090. The minimum absolute atomic E-state index is 0.0319. The van der Waals surface area contributed by atoms with Crippen molar-refractivity contribution in [3.63, 3.8) is 0 Å². The lowest BCUT2D eigenvalue weighted by Crippen LogP contribution is -2.40. The number of aliphatic carboxylic acids is 1. The fourth-order valence-electron chi connectivity index (χ4n) is 2.72. The van der Waals surface area contributed by atoms with Gasteiger partial charge >= 0.3 is 5.97 Å². The molecule has 3 rings (SSSR count). The van der Waals surface area contributed by atoms with Crippen molar-refractivity contribution in [2.24, 2.45) is 0 Å². The SMILES string of the molecule is [CH]CC(NC(=O)c1ccc(N(C)Cc2cnc3nc(N)nc(N)c3n2)cc1)C(=O)O.